The average molecular weight is 433 g/mol. The second-order valence-electron chi connectivity index (χ2n) is 13.2. The number of aliphatic hydroxyl groups excluding tert-OH is 2. The van der Waals surface area contributed by atoms with Gasteiger partial charge in [0.1, 0.15) is 5.78 Å². The van der Waals surface area contributed by atoms with Crippen LogP contribution >= 0.6 is 0 Å². The zero-order valence-electron chi connectivity index (χ0n) is 20.9. The van der Waals surface area contributed by atoms with Crippen molar-refractivity contribution >= 4 is 5.78 Å². The predicted octanol–water partition coefficient (Wildman–Crippen LogP) is 5.86. The Morgan fingerprint density at radius 3 is 2.29 bits per heavy atom. The maximum absolute atomic E-state index is 13.3. The average Bonchev–Trinajstić information content (AvgIpc) is 3.05. The number of fused-ring (bicyclic) bond motifs is 5. The van der Waals surface area contributed by atoms with Crippen molar-refractivity contribution in [1.29, 1.82) is 0 Å². The second-order valence-corrected chi connectivity index (χ2v) is 13.2. The maximum atomic E-state index is 13.3. The Bertz CT molecular complexity index is 673. The van der Waals surface area contributed by atoms with Gasteiger partial charge in [-0.2, -0.15) is 0 Å². The summed E-state index contributed by atoms with van der Waals surface area (Å²) in [6.45, 7) is 14.4. The first-order valence-corrected chi connectivity index (χ1v) is 13.4. The van der Waals surface area contributed by atoms with Crippen LogP contribution in [0.15, 0.2) is 0 Å². The summed E-state index contributed by atoms with van der Waals surface area (Å²) in [5.74, 6) is 5.12. The fourth-order valence-corrected chi connectivity index (χ4v) is 9.11. The molecule has 31 heavy (non-hydrogen) atoms. The summed E-state index contributed by atoms with van der Waals surface area (Å²) in [6, 6.07) is 0. The third-order valence-electron chi connectivity index (χ3n) is 11.5. The monoisotopic (exact) mass is 432 g/mol. The van der Waals surface area contributed by atoms with Crippen molar-refractivity contribution in [2.45, 2.75) is 112 Å². The minimum Gasteiger partial charge on any atom is -0.390 e. The first kappa shape index (κ1) is 23.7. The summed E-state index contributed by atoms with van der Waals surface area (Å²) in [6.07, 6.45) is 8.16. The van der Waals surface area contributed by atoms with Crippen LogP contribution in [0, 0.1) is 58.2 Å². The molecule has 4 saturated carbocycles. The Morgan fingerprint density at radius 2 is 1.61 bits per heavy atom. The number of rotatable bonds is 5. The Balaban J connectivity index is 1.51. The molecule has 0 bridgehead atoms. The lowest BCUT2D eigenvalue weighted by Gasteiger charge is -2.61. The van der Waals surface area contributed by atoms with Gasteiger partial charge in [0.25, 0.3) is 0 Å². The van der Waals surface area contributed by atoms with Gasteiger partial charge in [-0.1, -0.05) is 54.4 Å². The van der Waals surface area contributed by atoms with E-state index in [0.717, 1.165) is 30.1 Å². The molecular weight excluding hydrogens is 384 g/mol. The molecule has 0 heterocycles. The van der Waals surface area contributed by atoms with Gasteiger partial charge in [-0.15, -0.1) is 0 Å². The number of carbonyl (C=O) groups is 1. The van der Waals surface area contributed by atoms with Crippen molar-refractivity contribution in [3.8, 4) is 0 Å². The van der Waals surface area contributed by atoms with Crippen LogP contribution < -0.4 is 0 Å². The number of carbonyl (C=O) groups excluding carboxylic acids is 1. The molecule has 0 aromatic heterocycles. The van der Waals surface area contributed by atoms with E-state index >= 15 is 0 Å². The third-order valence-corrected chi connectivity index (χ3v) is 11.5. The van der Waals surface area contributed by atoms with Gasteiger partial charge in [0.05, 0.1) is 12.2 Å². The Hall–Kier alpha value is -0.410. The van der Waals surface area contributed by atoms with Crippen molar-refractivity contribution in [2.24, 2.45) is 58.2 Å². The molecule has 4 aliphatic carbocycles. The number of ketones is 1. The van der Waals surface area contributed by atoms with E-state index in [-0.39, 0.29) is 11.3 Å². The van der Waals surface area contributed by atoms with E-state index in [9.17, 15) is 15.0 Å². The van der Waals surface area contributed by atoms with E-state index in [4.69, 9.17) is 0 Å². The molecule has 0 saturated heterocycles. The van der Waals surface area contributed by atoms with E-state index in [1.165, 1.54) is 38.5 Å². The highest BCUT2D eigenvalue weighted by Gasteiger charge is 2.63. The molecule has 0 unspecified atom stereocenters. The van der Waals surface area contributed by atoms with Gasteiger partial charge in [0.15, 0.2) is 0 Å². The van der Waals surface area contributed by atoms with E-state index in [1.54, 1.807) is 0 Å². The van der Waals surface area contributed by atoms with Crippen LogP contribution in [-0.4, -0.2) is 28.2 Å². The highest BCUT2D eigenvalue weighted by Crippen LogP contribution is 2.67. The van der Waals surface area contributed by atoms with Gasteiger partial charge in [0, 0.05) is 12.3 Å². The third kappa shape index (κ3) is 3.84. The van der Waals surface area contributed by atoms with Crippen LogP contribution in [0.2, 0.25) is 0 Å². The Morgan fingerprint density at radius 1 is 0.935 bits per heavy atom. The highest BCUT2D eigenvalue weighted by molar-refractivity contribution is 5.83. The van der Waals surface area contributed by atoms with Gasteiger partial charge >= 0.3 is 0 Å². The van der Waals surface area contributed by atoms with Crippen LogP contribution in [0.4, 0.5) is 0 Å². The fourth-order valence-electron chi connectivity index (χ4n) is 9.11. The lowest BCUT2D eigenvalue weighted by atomic mass is 9.44. The molecule has 0 spiro atoms. The van der Waals surface area contributed by atoms with E-state index in [0.29, 0.717) is 41.8 Å². The van der Waals surface area contributed by atoms with Crippen molar-refractivity contribution in [2.75, 3.05) is 0 Å². The van der Waals surface area contributed by atoms with Crippen LogP contribution in [0.1, 0.15) is 99.3 Å². The van der Waals surface area contributed by atoms with Crippen molar-refractivity contribution < 1.29 is 15.0 Å². The van der Waals surface area contributed by atoms with Crippen LogP contribution in [0.3, 0.4) is 0 Å². The standard InChI is InChI=1S/C28H48O3/c1-16(2)17(3)7-8-18(4)20-9-10-21-19-13-24(29)23-14-25(30)26(31)15-28(23,6)22(19)11-12-27(20,21)5/h16-23,25-26,30-31H,7-15H2,1-6H3/t17-,18+,19-,20+,21-,22-,23+,25-,26+,27+,28+/m0/s1. The zero-order valence-corrected chi connectivity index (χ0v) is 20.9. The predicted molar refractivity (Wildman–Crippen MR) is 125 cm³/mol. The van der Waals surface area contributed by atoms with Crippen molar-refractivity contribution in [3.63, 3.8) is 0 Å². The molecule has 178 valence electrons. The summed E-state index contributed by atoms with van der Waals surface area (Å²) in [7, 11) is 0. The molecule has 0 aromatic rings. The first-order valence-electron chi connectivity index (χ1n) is 13.4. The quantitative estimate of drug-likeness (QED) is 0.572. The van der Waals surface area contributed by atoms with E-state index < -0.39 is 12.2 Å². The maximum Gasteiger partial charge on any atom is 0.136 e. The number of hydrogen-bond acceptors (Lipinski definition) is 3. The van der Waals surface area contributed by atoms with E-state index in [2.05, 4.69) is 41.5 Å². The lowest BCUT2D eigenvalue weighted by Crippen LogP contribution is -2.59. The normalized spacial score (nSPS) is 49.3. The molecule has 2 N–H and O–H groups in total. The SMILES string of the molecule is CC(C)[C@@H](C)CC[C@@H](C)[C@H]1CC[C@H]2[C@@H]3CC(=O)[C@H]4C[C@H](O)[C@H](O)C[C@]4(C)[C@H]3CC[C@]12C. The van der Waals surface area contributed by atoms with Crippen molar-refractivity contribution in [3.05, 3.63) is 0 Å². The number of Topliss-reactive ketones (excluding diaryl/α,β-unsaturated/α-hetero) is 1. The Labute approximate surface area is 190 Å². The zero-order chi connectivity index (χ0) is 22.7. The van der Waals surface area contributed by atoms with Crippen LogP contribution in [-0.2, 0) is 4.79 Å². The molecule has 3 heteroatoms. The van der Waals surface area contributed by atoms with Crippen LogP contribution in [0.25, 0.3) is 0 Å². The Kier molecular flexibility index (Phi) is 6.45. The van der Waals surface area contributed by atoms with Gasteiger partial charge < -0.3 is 10.2 Å². The fraction of sp³-hybridized carbons (Fsp3) is 0.964. The summed E-state index contributed by atoms with van der Waals surface area (Å²) in [5.41, 5.74) is 0.244. The molecular formula is C28H48O3. The topological polar surface area (TPSA) is 57.5 Å². The second kappa shape index (κ2) is 8.42. The van der Waals surface area contributed by atoms with Crippen molar-refractivity contribution in [1.82, 2.24) is 0 Å². The molecule has 4 rings (SSSR count). The minimum atomic E-state index is -0.725. The van der Waals surface area contributed by atoms with E-state index in [1.807, 2.05) is 0 Å². The van der Waals surface area contributed by atoms with Gasteiger partial charge in [-0.25, -0.2) is 0 Å². The molecule has 0 aliphatic heterocycles. The highest BCUT2D eigenvalue weighted by atomic mass is 16.3. The lowest BCUT2D eigenvalue weighted by molar-refractivity contribution is -0.173. The summed E-state index contributed by atoms with van der Waals surface area (Å²) >= 11 is 0. The minimum absolute atomic E-state index is 0.0508. The van der Waals surface area contributed by atoms with Crippen LogP contribution in [0.5, 0.6) is 0 Å². The first-order chi connectivity index (χ1) is 14.5. The molecule has 0 amide bonds. The molecule has 0 radical (unpaired) electrons. The summed E-state index contributed by atoms with van der Waals surface area (Å²) in [5, 5.41) is 20.7. The largest absolute Gasteiger partial charge is 0.390 e. The molecule has 11 atom stereocenters. The number of hydrogen-bond donors (Lipinski definition) is 2. The smallest absolute Gasteiger partial charge is 0.136 e. The number of aliphatic hydroxyl groups is 2. The molecule has 4 aliphatic rings. The van der Waals surface area contributed by atoms with Gasteiger partial charge in [-0.05, 0) is 90.8 Å². The molecule has 0 aromatic carbocycles. The molecule has 3 nitrogen and oxygen atoms in total. The summed E-state index contributed by atoms with van der Waals surface area (Å²) in [4.78, 5) is 13.3. The van der Waals surface area contributed by atoms with Gasteiger partial charge in [0.2, 0.25) is 0 Å². The molecule has 4 fully saturated rings. The summed E-state index contributed by atoms with van der Waals surface area (Å²) < 4.78 is 0. The van der Waals surface area contributed by atoms with Gasteiger partial charge in [-0.3, -0.25) is 4.79 Å².